The number of hydrogen-bond acceptors (Lipinski definition) is 3. The van der Waals surface area contributed by atoms with Gasteiger partial charge in [-0.3, -0.25) is 9.59 Å². The van der Waals surface area contributed by atoms with Crippen LogP contribution in [0.4, 0.5) is 0 Å². The number of nitrogens with zero attached hydrogens (tertiary/aromatic N) is 1. The van der Waals surface area contributed by atoms with E-state index >= 15 is 0 Å². The average Bonchev–Trinajstić information content (AvgIpc) is 3.05. The molecule has 1 aromatic heterocycles. The summed E-state index contributed by atoms with van der Waals surface area (Å²) in [4.78, 5) is 24.0. The molecule has 140 valence electrons. The highest BCUT2D eigenvalue weighted by Gasteiger charge is 2.14. The Labute approximate surface area is 158 Å². The second-order valence-corrected chi connectivity index (χ2v) is 6.21. The first kappa shape index (κ1) is 18.7. The van der Waals surface area contributed by atoms with Crippen molar-refractivity contribution in [3.63, 3.8) is 0 Å². The molecular weight excluding hydrogens is 342 g/mol. The van der Waals surface area contributed by atoms with Crippen LogP contribution in [0.25, 0.3) is 10.9 Å². The van der Waals surface area contributed by atoms with Gasteiger partial charge in [0.15, 0.2) is 0 Å². The van der Waals surface area contributed by atoms with Gasteiger partial charge in [0.1, 0.15) is 6.61 Å². The maximum Gasteiger partial charge on any atom is 0.253 e. The summed E-state index contributed by atoms with van der Waals surface area (Å²) < 4.78 is 6.83. The van der Waals surface area contributed by atoms with Crippen LogP contribution >= 0.6 is 0 Å². The fraction of sp³-hybridized carbons (Fsp3) is 0.238. The number of para-hydroxylation sites is 1. The molecule has 3 rings (SSSR count). The Morgan fingerprint density at radius 3 is 2.44 bits per heavy atom. The first-order valence-electron chi connectivity index (χ1n) is 8.84. The lowest BCUT2D eigenvalue weighted by Gasteiger charge is -2.06. The summed E-state index contributed by atoms with van der Waals surface area (Å²) in [6.07, 6.45) is 1.89. The number of carbonyl (C=O) groups is 2. The van der Waals surface area contributed by atoms with Crippen molar-refractivity contribution in [2.45, 2.75) is 6.54 Å². The van der Waals surface area contributed by atoms with E-state index in [1.807, 2.05) is 48.7 Å². The van der Waals surface area contributed by atoms with Crippen LogP contribution in [0.3, 0.4) is 0 Å². The van der Waals surface area contributed by atoms with Crippen molar-refractivity contribution in [1.29, 1.82) is 0 Å². The number of aromatic nitrogens is 1. The highest BCUT2D eigenvalue weighted by Crippen LogP contribution is 2.22. The first-order chi connectivity index (χ1) is 13.2. The molecule has 0 radical (unpaired) electrons. The molecule has 0 atom stereocenters. The lowest BCUT2D eigenvalue weighted by Crippen LogP contribution is -2.36. The van der Waals surface area contributed by atoms with Gasteiger partial charge in [-0.25, -0.2) is 0 Å². The number of nitrogens with one attached hydrogen (secondary N) is 2. The fourth-order valence-corrected chi connectivity index (χ4v) is 2.99. The molecule has 6 heteroatoms. The molecule has 3 aromatic rings. The second-order valence-electron chi connectivity index (χ2n) is 6.21. The molecule has 1 heterocycles. The third-order valence-electron chi connectivity index (χ3n) is 4.24. The molecule has 0 aliphatic heterocycles. The van der Waals surface area contributed by atoms with Crippen LogP contribution in [0.5, 0.6) is 0 Å². The smallest absolute Gasteiger partial charge is 0.253 e. The number of carbonyl (C=O) groups excluding carboxylic acids is 2. The highest BCUT2D eigenvalue weighted by atomic mass is 16.5. The maximum atomic E-state index is 12.6. The van der Waals surface area contributed by atoms with Crippen LogP contribution in [0, 0.1) is 0 Å². The van der Waals surface area contributed by atoms with E-state index in [0.29, 0.717) is 25.2 Å². The molecule has 2 amide bonds. The minimum atomic E-state index is -0.203. The van der Waals surface area contributed by atoms with Gasteiger partial charge in [-0.05, 0) is 11.6 Å². The van der Waals surface area contributed by atoms with Crippen LogP contribution in [0.15, 0.2) is 60.8 Å². The summed E-state index contributed by atoms with van der Waals surface area (Å²) in [5.74, 6) is -0.356. The van der Waals surface area contributed by atoms with Crippen molar-refractivity contribution < 1.29 is 14.3 Å². The van der Waals surface area contributed by atoms with Gasteiger partial charge in [-0.2, -0.15) is 0 Å². The number of benzene rings is 2. The van der Waals surface area contributed by atoms with Crippen LogP contribution in [-0.4, -0.2) is 43.2 Å². The van der Waals surface area contributed by atoms with Gasteiger partial charge in [0.25, 0.3) is 5.91 Å². The van der Waals surface area contributed by atoms with Gasteiger partial charge in [0.2, 0.25) is 5.91 Å². The topological polar surface area (TPSA) is 72.4 Å². The summed E-state index contributed by atoms with van der Waals surface area (Å²) in [5.41, 5.74) is 2.82. The first-order valence-corrected chi connectivity index (χ1v) is 8.84. The molecule has 0 aliphatic carbocycles. The molecule has 0 spiro atoms. The lowest BCUT2D eigenvalue weighted by molar-refractivity contribution is -0.124. The molecule has 0 aliphatic rings. The van der Waals surface area contributed by atoms with Crippen LogP contribution in [0.2, 0.25) is 0 Å². The van der Waals surface area contributed by atoms with Gasteiger partial charge >= 0.3 is 0 Å². The van der Waals surface area contributed by atoms with E-state index in [1.165, 1.54) is 12.7 Å². The van der Waals surface area contributed by atoms with Crippen LogP contribution < -0.4 is 10.6 Å². The Morgan fingerprint density at radius 2 is 1.67 bits per heavy atom. The molecule has 2 N–H and O–H groups in total. The molecule has 27 heavy (non-hydrogen) atoms. The Morgan fingerprint density at radius 1 is 0.963 bits per heavy atom. The summed E-state index contributed by atoms with van der Waals surface area (Å²) in [6.45, 7) is 1.42. The summed E-state index contributed by atoms with van der Waals surface area (Å²) in [7, 11) is 1.46. The third kappa shape index (κ3) is 4.74. The van der Waals surface area contributed by atoms with Crippen molar-refractivity contribution in [2.75, 3.05) is 26.8 Å². The number of rotatable bonds is 8. The van der Waals surface area contributed by atoms with E-state index in [-0.39, 0.29) is 18.4 Å². The normalized spacial score (nSPS) is 10.7. The Bertz CT molecular complexity index is 919. The number of methoxy groups -OCH3 is 1. The predicted octanol–water partition coefficient (Wildman–Crippen LogP) is 2.18. The van der Waals surface area contributed by atoms with Crippen LogP contribution in [0.1, 0.15) is 15.9 Å². The van der Waals surface area contributed by atoms with E-state index in [9.17, 15) is 9.59 Å². The Kier molecular flexibility index (Phi) is 6.22. The molecule has 0 fully saturated rings. The number of ether oxygens (including phenoxy) is 1. The van der Waals surface area contributed by atoms with Crippen LogP contribution in [-0.2, 0) is 16.1 Å². The standard InChI is InChI=1S/C21H23N3O3/c1-27-15-20(25)22-11-12-23-21(26)18-14-24(13-16-7-3-2-4-8-16)19-10-6-5-9-17(18)19/h2-10,14H,11-13,15H2,1H3,(H,22,25)(H,23,26). The SMILES string of the molecule is COCC(=O)NCCNC(=O)c1cn(Cc2ccccc2)c2ccccc12. The van der Waals surface area contributed by atoms with Gasteiger partial charge < -0.3 is 19.9 Å². The second kappa shape index (κ2) is 9.00. The largest absolute Gasteiger partial charge is 0.375 e. The lowest BCUT2D eigenvalue weighted by atomic mass is 10.1. The quantitative estimate of drug-likeness (QED) is 0.601. The molecule has 6 nitrogen and oxygen atoms in total. The summed E-state index contributed by atoms with van der Waals surface area (Å²) in [6, 6.07) is 18.0. The van der Waals surface area contributed by atoms with Crippen molar-refractivity contribution in [3.05, 3.63) is 71.9 Å². The predicted molar refractivity (Wildman–Crippen MR) is 105 cm³/mol. The minimum Gasteiger partial charge on any atom is -0.375 e. The van der Waals surface area contributed by atoms with E-state index in [2.05, 4.69) is 27.3 Å². The monoisotopic (exact) mass is 365 g/mol. The molecular formula is C21H23N3O3. The van der Waals surface area contributed by atoms with Gasteiger partial charge in [0.05, 0.1) is 5.56 Å². The van der Waals surface area contributed by atoms with Crippen molar-refractivity contribution in [2.24, 2.45) is 0 Å². The zero-order chi connectivity index (χ0) is 19.1. The minimum absolute atomic E-state index is 0.0148. The van der Waals surface area contributed by atoms with Crippen molar-refractivity contribution >= 4 is 22.7 Å². The Hall–Kier alpha value is -3.12. The molecule has 2 aromatic carbocycles. The molecule has 0 unspecified atom stereocenters. The van der Waals surface area contributed by atoms with E-state index < -0.39 is 0 Å². The number of hydrogen-bond donors (Lipinski definition) is 2. The zero-order valence-corrected chi connectivity index (χ0v) is 15.3. The van der Waals surface area contributed by atoms with Gasteiger partial charge in [-0.15, -0.1) is 0 Å². The Balaban J connectivity index is 1.70. The summed E-state index contributed by atoms with van der Waals surface area (Å²) in [5, 5.41) is 6.45. The molecule has 0 bridgehead atoms. The summed E-state index contributed by atoms with van der Waals surface area (Å²) >= 11 is 0. The highest BCUT2D eigenvalue weighted by molar-refractivity contribution is 6.07. The molecule has 0 saturated carbocycles. The van der Waals surface area contributed by atoms with Gasteiger partial charge in [0, 0.05) is 43.8 Å². The van der Waals surface area contributed by atoms with E-state index in [4.69, 9.17) is 4.74 Å². The zero-order valence-electron chi connectivity index (χ0n) is 15.3. The fourth-order valence-electron chi connectivity index (χ4n) is 2.99. The number of fused-ring (bicyclic) bond motifs is 1. The van der Waals surface area contributed by atoms with E-state index in [0.717, 1.165) is 10.9 Å². The van der Waals surface area contributed by atoms with E-state index in [1.54, 1.807) is 0 Å². The van der Waals surface area contributed by atoms with Crippen molar-refractivity contribution in [1.82, 2.24) is 15.2 Å². The number of amides is 2. The van der Waals surface area contributed by atoms with Crippen molar-refractivity contribution in [3.8, 4) is 0 Å². The molecule has 0 saturated heterocycles. The third-order valence-corrected chi connectivity index (χ3v) is 4.24. The average molecular weight is 365 g/mol. The maximum absolute atomic E-state index is 12.6. The van der Waals surface area contributed by atoms with Gasteiger partial charge in [-0.1, -0.05) is 48.5 Å².